The maximum atomic E-state index is 11.0. The lowest BCUT2D eigenvalue weighted by atomic mass is 10.00. The molecule has 5 N–H and O–H groups in total. The quantitative estimate of drug-likeness (QED) is 0.422. The van der Waals surface area contributed by atoms with Crippen molar-refractivity contribution >= 4 is 17.7 Å². The highest BCUT2D eigenvalue weighted by Crippen LogP contribution is 2.28. The number of carbonyl (C=O) groups is 1. The first kappa shape index (κ1) is 22.4. The van der Waals surface area contributed by atoms with Crippen LogP contribution in [0, 0.1) is 6.92 Å². The summed E-state index contributed by atoms with van der Waals surface area (Å²) in [6.07, 6.45) is 3.05. The van der Waals surface area contributed by atoms with Crippen LogP contribution in [0.4, 0.5) is 11.8 Å². The van der Waals surface area contributed by atoms with Gasteiger partial charge in [0.1, 0.15) is 11.6 Å². The SMILES string of the molecule is COc1cc(CC(=O)O)ccc1Cc1c(C)nc(N)nc1NC(C)CCCCO. The topological polar surface area (TPSA) is 131 Å². The lowest BCUT2D eigenvalue weighted by molar-refractivity contribution is -0.136. The summed E-state index contributed by atoms with van der Waals surface area (Å²) in [5, 5.41) is 21.4. The van der Waals surface area contributed by atoms with Crippen LogP contribution >= 0.6 is 0 Å². The maximum absolute atomic E-state index is 11.0. The van der Waals surface area contributed by atoms with Crippen LogP contribution < -0.4 is 15.8 Å². The highest BCUT2D eigenvalue weighted by atomic mass is 16.5. The number of aliphatic carboxylic acids is 1. The van der Waals surface area contributed by atoms with Gasteiger partial charge in [-0.15, -0.1) is 0 Å². The highest BCUT2D eigenvalue weighted by molar-refractivity contribution is 5.70. The van der Waals surface area contributed by atoms with E-state index in [9.17, 15) is 4.79 Å². The Balaban J connectivity index is 2.28. The predicted molar refractivity (Wildman–Crippen MR) is 112 cm³/mol. The Morgan fingerprint density at radius 1 is 1.31 bits per heavy atom. The van der Waals surface area contributed by atoms with Gasteiger partial charge < -0.3 is 26.0 Å². The number of rotatable bonds is 11. The number of aromatic nitrogens is 2. The minimum atomic E-state index is -0.885. The van der Waals surface area contributed by atoms with Gasteiger partial charge >= 0.3 is 5.97 Å². The second-order valence-electron chi connectivity index (χ2n) is 7.15. The minimum Gasteiger partial charge on any atom is -0.496 e. The van der Waals surface area contributed by atoms with Crippen LogP contribution in [0.25, 0.3) is 0 Å². The Labute approximate surface area is 171 Å². The lowest BCUT2D eigenvalue weighted by Gasteiger charge is -2.19. The minimum absolute atomic E-state index is 0.0567. The van der Waals surface area contributed by atoms with Gasteiger partial charge in [-0.05, 0) is 50.3 Å². The van der Waals surface area contributed by atoms with Gasteiger partial charge in [-0.25, -0.2) is 4.98 Å². The molecule has 2 rings (SSSR count). The standard InChI is InChI=1S/C21H30N4O4/c1-13(6-4-5-9-26)23-20-17(14(2)24-21(22)25-20)12-16-8-7-15(11-19(27)28)10-18(16)29-3/h7-8,10,13,26H,4-6,9,11-12H2,1-3H3,(H,27,28)(H3,22,23,24,25). The summed E-state index contributed by atoms with van der Waals surface area (Å²) in [5.41, 5.74) is 9.15. The molecule has 8 heteroatoms. The van der Waals surface area contributed by atoms with Crippen molar-refractivity contribution in [2.75, 3.05) is 24.8 Å². The third-order valence-corrected chi connectivity index (χ3v) is 4.73. The average molecular weight is 402 g/mol. The molecule has 0 saturated heterocycles. The average Bonchev–Trinajstić information content (AvgIpc) is 2.65. The molecule has 0 aliphatic heterocycles. The number of ether oxygens (including phenoxy) is 1. The Hall–Kier alpha value is -2.87. The van der Waals surface area contributed by atoms with Crippen LogP contribution in [0.15, 0.2) is 18.2 Å². The van der Waals surface area contributed by atoms with Gasteiger partial charge in [-0.1, -0.05) is 12.1 Å². The van der Waals surface area contributed by atoms with Gasteiger partial charge in [0.25, 0.3) is 0 Å². The number of nitrogens with two attached hydrogens (primary N) is 1. The Morgan fingerprint density at radius 2 is 2.07 bits per heavy atom. The molecule has 29 heavy (non-hydrogen) atoms. The fourth-order valence-corrected chi connectivity index (χ4v) is 3.23. The molecule has 1 aromatic heterocycles. The van der Waals surface area contributed by atoms with Crippen LogP contribution in [-0.2, 0) is 17.6 Å². The number of carboxylic acid groups (broad SMARTS) is 1. The number of aryl methyl sites for hydroxylation is 1. The third-order valence-electron chi connectivity index (χ3n) is 4.73. The van der Waals surface area contributed by atoms with Crippen LogP contribution in [0.5, 0.6) is 5.75 Å². The van der Waals surface area contributed by atoms with Gasteiger partial charge in [0.05, 0.1) is 13.5 Å². The van der Waals surface area contributed by atoms with E-state index >= 15 is 0 Å². The van der Waals surface area contributed by atoms with E-state index in [0.29, 0.717) is 23.6 Å². The molecule has 158 valence electrons. The molecule has 0 fully saturated rings. The number of carboxylic acids is 1. The van der Waals surface area contributed by atoms with Gasteiger partial charge in [-0.2, -0.15) is 4.98 Å². The van der Waals surface area contributed by atoms with Crippen LogP contribution in [0.1, 0.15) is 48.6 Å². The monoisotopic (exact) mass is 402 g/mol. The fourth-order valence-electron chi connectivity index (χ4n) is 3.23. The first-order chi connectivity index (χ1) is 13.8. The molecule has 2 aromatic rings. The van der Waals surface area contributed by atoms with Crippen LogP contribution in [0.2, 0.25) is 0 Å². The number of hydrogen-bond donors (Lipinski definition) is 4. The first-order valence-corrected chi connectivity index (χ1v) is 9.72. The molecule has 8 nitrogen and oxygen atoms in total. The molecule has 0 saturated carbocycles. The van der Waals surface area contributed by atoms with E-state index in [1.807, 2.05) is 13.0 Å². The molecular formula is C21H30N4O4. The van der Waals surface area contributed by atoms with E-state index < -0.39 is 5.97 Å². The molecule has 1 heterocycles. The third kappa shape index (κ3) is 6.60. The molecule has 1 aromatic carbocycles. The van der Waals surface area contributed by atoms with E-state index in [2.05, 4.69) is 22.2 Å². The second-order valence-corrected chi connectivity index (χ2v) is 7.15. The second kappa shape index (κ2) is 10.6. The van der Waals surface area contributed by atoms with Gasteiger partial charge in [0.15, 0.2) is 0 Å². The van der Waals surface area contributed by atoms with E-state index in [-0.39, 0.29) is 25.0 Å². The van der Waals surface area contributed by atoms with Crippen molar-refractivity contribution in [2.24, 2.45) is 0 Å². The van der Waals surface area contributed by atoms with Crippen molar-refractivity contribution in [2.45, 2.75) is 52.0 Å². The van der Waals surface area contributed by atoms with Crippen molar-refractivity contribution in [3.05, 3.63) is 40.6 Å². The van der Waals surface area contributed by atoms with Gasteiger partial charge in [0.2, 0.25) is 5.95 Å². The van der Waals surface area contributed by atoms with Crippen molar-refractivity contribution < 1.29 is 19.7 Å². The molecule has 0 aliphatic rings. The molecule has 1 atom stereocenters. The number of hydrogen-bond acceptors (Lipinski definition) is 7. The molecule has 0 radical (unpaired) electrons. The van der Waals surface area contributed by atoms with Crippen molar-refractivity contribution in [1.82, 2.24) is 9.97 Å². The zero-order valence-electron chi connectivity index (χ0n) is 17.2. The Morgan fingerprint density at radius 3 is 2.72 bits per heavy atom. The van der Waals surface area contributed by atoms with E-state index in [0.717, 1.165) is 36.1 Å². The fraction of sp³-hybridized carbons (Fsp3) is 0.476. The number of nitrogens with one attached hydrogen (secondary N) is 1. The van der Waals surface area contributed by atoms with E-state index in [4.69, 9.17) is 20.7 Å². The Bertz CT molecular complexity index is 842. The normalized spacial score (nSPS) is 11.9. The first-order valence-electron chi connectivity index (χ1n) is 9.72. The summed E-state index contributed by atoms with van der Waals surface area (Å²) in [7, 11) is 1.57. The molecule has 0 bridgehead atoms. The zero-order chi connectivity index (χ0) is 21.4. The number of methoxy groups -OCH3 is 1. The number of benzene rings is 1. The summed E-state index contributed by atoms with van der Waals surface area (Å²) < 4.78 is 5.49. The zero-order valence-corrected chi connectivity index (χ0v) is 17.2. The highest BCUT2D eigenvalue weighted by Gasteiger charge is 2.16. The molecule has 0 spiro atoms. The maximum Gasteiger partial charge on any atom is 0.307 e. The van der Waals surface area contributed by atoms with Crippen molar-refractivity contribution in [1.29, 1.82) is 0 Å². The smallest absolute Gasteiger partial charge is 0.307 e. The lowest BCUT2D eigenvalue weighted by Crippen LogP contribution is -2.19. The largest absolute Gasteiger partial charge is 0.496 e. The van der Waals surface area contributed by atoms with Crippen molar-refractivity contribution in [3.63, 3.8) is 0 Å². The number of nitrogen functional groups attached to an aromatic ring is 1. The summed E-state index contributed by atoms with van der Waals surface area (Å²) >= 11 is 0. The predicted octanol–water partition coefficient (Wildman–Crippen LogP) is 2.56. The molecule has 0 aliphatic carbocycles. The van der Waals surface area contributed by atoms with E-state index in [1.165, 1.54) is 0 Å². The number of unbranched alkanes of at least 4 members (excludes halogenated alkanes) is 1. The molecule has 0 amide bonds. The number of aliphatic hydroxyl groups is 1. The van der Waals surface area contributed by atoms with E-state index in [1.54, 1.807) is 19.2 Å². The summed E-state index contributed by atoms with van der Waals surface area (Å²) in [5.74, 6) is 0.634. The van der Waals surface area contributed by atoms with Crippen molar-refractivity contribution in [3.8, 4) is 5.75 Å². The molecule has 1 unspecified atom stereocenters. The van der Waals surface area contributed by atoms with Crippen LogP contribution in [0.3, 0.4) is 0 Å². The van der Waals surface area contributed by atoms with Crippen LogP contribution in [-0.4, -0.2) is 45.9 Å². The summed E-state index contributed by atoms with van der Waals surface area (Å²) in [4.78, 5) is 19.7. The number of nitrogens with zero attached hydrogens (tertiary/aromatic N) is 2. The Kier molecular flexibility index (Phi) is 8.21. The number of anilines is 2. The molecular weight excluding hydrogens is 372 g/mol. The summed E-state index contributed by atoms with van der Waals surface area (Å²) in [6.45, 7) is 4.14. The van der Waals surface area contributed by atoms with Gasteiger partial charge in [-0.3, -0.25) is 4.79 Å². The van der Waals surface area contributed by atoms with Gasteiger partial charge in [0, 0.05) is 30.3 Å². The number of aliphatic hydroxyl groups excluding tert-OH is 1. The summed E-state index contributed by atoms with van der Waals surface area (Å²) in [6, 6.07) is 5.58.